The third kappa shape index (κ3) is 3.54. The van der Waals surface area contributed by atoms with Crippen molar-refractivity contribution in [3.63, 3.8) is 0 Å². The van der Waals surface area contributed by atoms with Gasteiger partial charge in [-0.1, -0.05) is 23.4 Å². The smallest absolute Gasteiger partial charge is 0.250 e. The van der Waals surface area contributed by atoms with E-state index in [4.69, 9.17) is 10.3 Å². The zero-order chi connectivity index (χ0) is 18.9. The van der Waals surface area contributed by atoms with Gasteiger partial charge in [0.1, 0.15) is 0 Å². The number of carbonyl (C=O) groups is 1. The van der Waals surface area contributed by atoms with Crippen LogP contribution >= 0.6 is 11.3 Å². The highest BCUT2D eigenvalue weighted by Crippen LogP contribution is 2.37. The van der Waals surface area contributed by atoms with E-state index in [1.165, 1.54) is 18.3 Å². The molecule has 0 bridgehead atoms. The summed E-state index contributed by atoms with van der Waals surface area (Å²) in [5, 5.41) is 6.47. The number of nitrogens with two attached hydrogens (primary N) is 1. The Balaban J connectivity index is 1.52. The number of rotatable bonds is 5. The normalized spacial score (nSPS) is 15.6. The standard InChI is InChI=1S/C19H19N5O2S/c1-13(25)24(15-6-3-2-4-7-15)18-21-14(12-27-18)8-9-16-22-17(23-26-16)19(20)10-5-11-19/h2-4,6-9,12H,5,10-11,20H2,1H3/b9-8+. The molecule has 1 amide bonds. The Kier molecular flexibility index (Phi) is 4.59. The van der Waals surface area contributed by atoms with Gasteiger partial charge in [-0.2, -0.15) is 4.98 Å². The van der Waals surface area contributed by atoms with Gasteiger partial charge in [-0.15, -0.1) is 11.3 Å². The molecule has 0 saturated heterocycles. The molecule has 2 aromatic heterocycles. The van der Waals surface area contributed by atoms with E-state index in [9.17, 15) is 4.79 Å². The molecule has 0 unspecified atom stereocenters. The summed E-state index contributed by atoms with van der Waals surface area (Å²) in [6.45, 7) is 1.52. The molecule has 1 aliphatic rings. The number of para-hydroxylation sites is 1. The van der Waals surface area contributed by atoms with Crippen LogP contribution in [0.3, 0.4) is 0 Å². The maximum atomic E-state index is 12.1. The van der Waals surface area contributed by atoms with Crippen molar-refractivity contribution in [1.82, 2.24) is 15.1 Å². The Hall–Kier alpha value is -2.84. The Morgan fingerprint density at radius 1 is 1.26 bits per heavy atom. The lowest BCUT2D eigenvalue weighted by molar-refractivity contribution is -0.115. The summed E-state index contributed by atoms with van der Waals surface area (Å²) in [5.74, 6) is 0.850. The van der Waals surface area contributed by atoms with E-state index in [1.807, 2.05) is 35.7 Å². The first kappa shape index (κ1) is 17.6. The van der Waals surface area contributed by atoms with Gasteiger partial charge in [0.05, 0.1) is 16.9 Å². The Bertz CT molecular complexity index is 975. The fraction of sp³-hybridized carbons (Fsp3) is 0.263. The largest absolute Gasteiger partial charge is 0.335 e. The molecule has 4 rings (SSSR count). The van der Waals surface area contributed by atoms with Crippen molar-refractivity contribution in [2.75, 3.05) is 4.90 Å². The van der Waals surface area contributed by atoms with Crippen LogP contribution in [0.15, 0.2) is 40.2 Å². The van der Waals surface area contributed by atoms with Crippen molar-refractivity contribution < 1.29 is 9.32 Å². The number of amides is 1. The van der Waals surface area contributed by atoms with Gasteiger partial charge in [-0.05, 0) is 37.5 Å². The Morgan fingerprint density at radius 2 is 2.04 bits per heavy atom. The van der Waals surface area contributed by atoms with Crippen LogP contribution in [-0.4, -0.2) is 21.0 Å². The highest BCUT2D eigenvalue weighted by molar-refractivity contribution is 7.14. The average Bonchev–Trinajstić information content (AvgIpc) is 3.28. The van der Waals surface area contributed by atoms with Crippen molar-refractivity contribution in [3.8, 4) is 0 Å². The number of aromatic nitrogens is 3. The van der Waals surface area contributed by atoms with E-state index in [0.717, 1.165) is 24.9 Å². The molecule has 2 heterocycles. The van der Waals surface area contributed by atoms with Crippen LogP contribution in [0.1, 0.15) is 43.6 Å². The van der Waals surface area contributed by atoms with Crippen LogP contribution in [-0.2, 0) is 10.3 Å². The first-order valence-corrected chi connectivity index (χ1v) is 9.55. The lowest BCUT2D eigenvalue weighted by atomic mass is 9.77. The van der Waals surface area contributed by atoms with Gasteiger partial charge in [0.25, 0.3) is 5.89 Å². The fourth-order valence-electron chi connectivity index (χ4n) is 2.90. The second kappa shape index (κ2) is 7.05. The monoisotopic (exact) mass is 381 g/mol. The minimum Gasteiger partial charge on any atom is -0.335 e. The minimum absolute atomic E-state index is 0.0960. The SMILES string of the molecule is CC(=O)N(c1ccccc1)c1nc(/C=C/c2nc(C3(N)CCC3)no2)cs1. The molecule has 0 spiro atoms. The number of carbonyl (C=O) groups excluding carboxylic acids is 1. The van der Waals surface area contributed by atoms with Gasteiger partial charge in [0.2, 0.25) is 5.91 Å². The molecule has 1 saturated carbocycles. The van der Waals surface area contributed by atoms with E-state index in [-0.39, 0.29) is 5.91 Å². The molecular formula is C19H19N5O2S. The number of hydrogen-bond donors (Lipinski definition) is 1. The summed E-state index contributed by atoms with van der Waals surface area (Å²) in [4.78, 5) is 22.6. The zero-order valence-electron chi connectivity index (χ0n) is 14.8. The fourth-order valence-corrected chi connectivity index (χ4v) is 3.76. The van der Waals surface area contributed by atoms with E-state index in [0.29, 0.717) is 22.5 Å². The third-order valence-corrected chi connectivity index (χ3v) is 5.40. The third-order valence-electron chi connectivity index (χ3n) is 4.56. The van der Waals surface area contributed by atoms with Gasteiger partial charge < -0.3 is 10.3 Å². The molecule has 138 valence electrons. The van der Waals surface area contributed by atoms with Crippen molar-refractivity contribution in [3.05, 3.63) is 53.1 Å². The molecule has 2 N–H and O–H groups in total. The van der Waals surface area contributed by atoms with Gasteiger partial charge in [-0.25, -0.2) is 4.98 Å². The molecule has 1 aliphatic carbocycles. The van der Waals surface area contributed by atoms with Crippen LogP contribution < -0.4 is 10.6 Å². The van der Waals surface area contributed by atoms with Gasteiger partial charge in [0.15, 0.2) is 11.0 Å². The van der Waals surface area contributed by atoms with E-state index in [2.05, 4.69) is 15.1 Å². The van der Waals surface area contributed by atoms with Crippen LogP contribution in [0.2, 0.25) is 0 Å². The first-order chi connectivity index (χ1) is 13.0. The highest BCUT2D eigenvalue weighted by atomic mass is 32.1. The minimum atomic E-state index is -0.443. The first-order valence-electron chi connectivity index (χ1n) is 8.68. The predicted molar refractivity (Wildman–Crippen MR) is 104 cm³/mol. The van der Waals surface area contributed by atoms with Gasteiger partial charge >= 0.3 is 0 Å². The molecule has 27 heavy (non-hydrogen) atoms. The maximum Gasteiger partial charge on any atom is 0.250 e. The lowest BCUT2D eigenvalue weighted by Crippen LogP contribution is -2.44. The molecule has 0 atom stereocenters. The quantitative estimate of drug-likeness (QED) is 0.723. The Morgan fingerprint density at radius 3 is 2.70 bits per heavy atom. The molecule has 1 aromatic carbocycles. The average molecular weight is 381 g/mol. The van der Waals surface area contributed by atoms with Gasteiger partial charge in [-0.3, -0.25) is 9.69 Å². The number of thiazole rings is 1. The van der Waals surface area contributed by atoms with Crippen molar-refractivity contribution in [2.45, 2.75) is 31.7 Å². The summed E-state index contributed by atoms with van der Waals surface area (Å²) in [6, 6.07) is 9.44. The van der Waals surface area contributed by atoms with Crippen LogP contribution in [0.5, 0.6) is 0 Å². The summed E-state index contributed by atoms with van der Waals surface area (Å²) in [7, 11) is 0. The number of hydrogen-bond acceptors (Lipinski definition) is 7. The topological polar surface area (TPSA) is 98.1 Å². The number of anilines is 2. The van der Waals surface area contributed by atoms with Crippen molar-refractivity contribution in [2.24, 2.45) is 5.73 Å². The molecule has 8 heteroatoms. The van der Waals surface area contributed by atoms with Crippen LogP contribution in [0.4, 0.5) is 10.8 Å². The second-order valence-corrected chi connectivity index (χ2v) is 7.38. The molecule has 0 radical (unpaired) electrons. The molecular weight excluding hydrogens is 362 g/mol. The van der Waals surface area contributed by atoms with Crippen LogP contribution in [0.25, 0.3) is 12.2 Å². The maximum absolute atomic E-state index is 12.1. The van der Waals surface area contributed by atoms with Crippen molar-refractivity contribution >= 4 is 40.2 Å². The van der Waals surface area contributed by atoms with Gasteiger partial charge in [0, 0.05) is 18.4 Å². The zero-order valence-corrected chi connectivity index (χ0v) is 15.6. The van der Waals surface area contributed by atoms with Crippen LogP contribution in [0, 0.1) is 0 Å². The summed E-state index contributed by atoms with van der Waals surface area (Å²) in [6.07, 6.45) is 6.34. The molecule has 3 aromatic rings. The summed E-state index contributed by atoms with van der Waals surface area (Å²) in [5.41, 5.74) is 7.26. The molecule has 7 nitrogen and oxygen atoms in total. The molecule has 1 fully saturated rings. The summed E-state index contributed by atoms with van der Waals surface area (Å²) >= 11 is 1.39. The number of benzene rings is 1. The van der Waals surface area contributed by atoms with E-state index < -0.39 is 5.54 Å². The summed E-state index contributed by atoms with van der Waals surface area (Å²) < 4.78 is 5.25. The number of nitrogens with zero attached hydrogens (tertiary/aromatic N) is 4. The highest BCUT2D eigenvalue weighted by Gasteiger charge is 2.38. The predicted octanol–water partition coefficient (Wildman–Crippen LogP) is 3.72. The van der Waals surface area contributed by atoms with Crippen molar-refractivity contribution in [1.29, 1.82) is 0 Å². The lowest BCUT2D eigenvalue weighted by Gasteiger charge is -2.34. The van der Waals surface area contributed by atoms with E-state index in [1.54, 1.807) is 17.1 Å². The van der Waals surface area contributed by atoms with E-state index >= 15 is 0 Å². The Labute approximate surface area is 160 Å². The second-order valence-electron chi connectivity index (χ2n) is 6.54. The molecule has 0 aliphatic heterocycles.